The number of nitrogens with zero attached hydrogens (tertiary/aromatic N) is 1. The average molecular weight is 225 g/mol. The Morgan fingerprint density at radius 3 is 2.80 bits per heavy atom. The number of hydrogen-bond acceptors (Lipinski definition) is 3. The lowest BCUT2D eigenvalue weighted by Gasteiger charge is -2.07. The van der Waals surface area contributed by atoms with Crippen LogP contribution in [-0.2, 0) is 0 Å². The molecule has 2 nitrogen and oxygen atoms in total. The molecule has 1 rings (SSSR count). The van der Waals surface area contributed by atoms with Crippen molar-refractivity contribution in [3.05, 3.63) is 24.0 Å². The fourth-order valence-electron chi connectivity index (χ4n) is 1.37. The molecule has 0 N–H and O–H groups in total. The molecule has 0 saturated heterocycles. The zero-order valence-corrected chi connectivity index (χ0v) is 10.2. The molecule has 0 fully saturated rings. The molecule has 0 aliphatic rings. The molecule has 0 bridgehead atoms. The third-order valence-corrected chi connectivity index (χ3v) is 2.58. The summed E-state index contributed by atoms with van der Waals surface area (Å²) in [7, 11) is 0. The van der Waals surface area contributed by atoms with Crippen molar-refractivity contribution in [1.29, 1.82) is 0 Å². The highest BCUT2D eigenvalue weighted by molar-refractivity contribution is 7.80. The summed E-state index contributed by atoms with van der Waals surface area (Å²) in [4.78, 5) is 4.17. The maximum absolute atomic E-state index is 5.64. The van der Waals surface area contributed by atoms with E-state index in [0.29, 0.717) is 0 Å². The van der Waals surface area contributed by atoms with Gasteiger partial charge in [-0.2, -0.15) is 12.6 Å². The number of aromatic nitrogens is 1. The number of unbranched alkanes of at least 4 members (excludes halogenated alkanes) is 3. The van der Waals surface area contributed by atoms with Crippen molar-refractivity contribution >= 4 is 12.6 Å². The summed E-state index contributed by atoms with van der Waals surface area (Å²) in [6, 6.07) is 3.87. The molecule has 0 saturated carbocycles. The van der Waals surface area contributed by atoms with Crippen LogP contribution in [0, 0.1) is 6.92 Å². The first-order valence-corrected chi connectivity index (χ1v) is 6.13. The maximum Gasteiger partial charge on any atom is 0.140 e. The Hall–Kier alpha value is -0.700. The van der Waals surface area contributed by atoms with Gasteiger partial charge in [-0.05, 0) is 37.7 Å². The molecular weight excluding hydrogens is 206 g/mol. The van der Waals surface area contributed by atoms with E-state index in [0.717, 1.165) is 30.2 Å². The molecule has 0 amide bonds. The van der Waals surface area contributed by atoms with E-state index in [1.165, 1.54) is 19.3 Å². The van der Waals surface area contributed by atoms with Crippen molar-refractivity contribution in [2.45, 2.75) is 32.6 Å². The highest BCUT2D eigenvalue weighted by Gasteiger charge is 1.97. The zero-order chi connectivity index (χ0) is 10.9. The Morgan fingerprint density at radius 1 is 1.27 bits per heavy atom. The largest absolute Gasteiger partial charge is 0.492 e. The van der Waals surface area contributed by atoms with Crippen LogP contribution in [0.4, 0.5) is 0 Å². The lowest BCUT2D eigenvalue weighted by Crippen LogP contribution is -1.99. The van der Waals surface area contributed by atoms with Gasteiger partial charge in [0, 0.05) is 6.20 Å². The lowest BCUT2D eigenvalue weighted by molar-refractivity contribution is 0.302. The normalized spacial score (nSPS) is 10.3. The van der Waals surface area contributed by atoms with Crippen molar-refractivity contribution in [3.63, 3.8) is 0 Å². The molecular formula is C12H19NOS. The molecule has 0 aromatic carbocycles. The minimum Gasteiger partial charge on any atom is -0.492 e. The van der Waals surface area contributed by atoms with Crippen LogP contribution in [0.5, 0.6) is 5.75 Å². The maximum atomic E-state index is 5.64. The zero-order valence-electron chi connectivity index (χ0n) is 9.28. The van der Waals surface area contributed by atoms with Gasteiger partial charge in [0.25, 0.3) is 0 Å². The van der Waals surface area contributed by atoms with E-state index in [2.05, 4.69) is 17.6 Å². The highest BCUT2D eigenvalue weighted by Crippen LogP contribution is 2.14. The first-order chi connectivity index (χ1) is 7.34. The van der Waals surface area contributed by atoms with Crippen molar-refractivity contribution in [1.82, 2.24) is 4.98 Å². The molecule has 0 unspecified atom stereocenters. The standard InChI is InChI=1S/C12H19NOS/c1-11-12(7-6-8-13-11)14-9-4-2-3-5-10-15/h6-8,15H,2-5,9-10H2,1H3. The van der Waals surface area contributed by atoms with Crippen LogP contribution in [-0.4, -0.2) is 17.3 Å². The number of pyridine rings is 1. The molecule has 0 spiro atoms. The van der Waals surface area contributed by atoms with E-state index >= 15 is 0 Å². The summed E-state index contributed by atoms with van der Waals surface area (Å²) in [6.07, 6.45) is 6.57. The van der Waals surface area contributed by atoms with Crippen LogP contribution >= 0.6 is 12.6 Å². The second-order valence-corrected chi connectivity index (χ2v) is 4.02. The summed E-state index contributed by atoms with van der Waals surface area (Å²) in [6.45, 7) is 2.76. The summed E-state index contributed by atoms with van der Waals surface area (Å²) in [5.74, 6) is 1.90. The number of hydrogen-bond donors (Lipinski definition) is 1. The third kappa shape index (κ3) is 5.07. The van der Waals surface area contributed by atoms with Gasteiger partial charge < -0.3 is 4.74 Å². The van der Waals surface area contributed by atoms with Crippen LogP contribution in [0.15, 0.2) is 18.3 Å². The molecule has 1 aromatic rings. The minimum absolute atomic E-state index is 0.791. The second-order valence-electron chi connectivity index (χ2n) is 3.57. The van der Waals surface area contributed by atoms with Gasteiger partial charge in [-0.15, -0.1) is 0 Å². The molecule has 84 valence electrons. The van der Waals surface area contributed by atoms with E-state index in [4.69, 9.17) is 4.74 Å². The average Bonchev–Trinajstić information content (AvgIpc) is 2.25. The van der Waals surface area contributed by atoms with Gasteiger partial charge >= 0.3 is 0 Å². The predicted molar refractivity (Wildman–Crippen MR) is 66.8 cm³/mol. The van der Waals surface area contributed by atoms with Gasteiger partial charge in [0.05, 0.1) is 12.3 Å². The van der Waals surface area contributed by atoms with E-state index in [1.54, 1.807) is 6.20 Å². The first kappa shape index (κ1) is 12.4. The predicted octanol–water partition coefficient (Wildman–Crippen LogP) is 3.26. The van der Waals surface area contributed by atoms with Crippen LogP contribution in [0.2, 0.25) is 0 Å². The van der Waals surface area contributed by atoms with E-state index in [-0.39, 0.29) is 0 Å². The third-order valence-electron chi connectivity index (χ3n) is 2.27. The fourth-order valence-corrected chi connectivity index (χ4v) is 1.60. The molecule has 0 atom stereocenters. The van der Waals surface area contributed by atoms with Crippen LogP contribution in [0.1, 0.15) is 31.4 Å². The Kier molecular flexibility index (Phi) is 6.25. The second kappa shape index (κ2) is 7.57. The fraction of sp³-hybridized carbons (Fsp3) is 0.583. The molecule has 0 aliphatic carbocycles. The molecule has 1 aromatic heterocycles. The number of rotatable bonds is 7. The van der Waals surface area contributed by atoms with Crippen molar-refractivity contribution < 1.29 is 4.74 Å². The van der Waals surface area contributed by atoms with Gasteiger partial charge in [0.15, 0.2) is 0 Å². The van der Waals surface area contributed by atoms with Crippen molar-refractivity contribution in [3.8, 4) is 5.75 Å². The van der Waals surface area contributed by atoms with E-state index < -0.39 is 0 Å². The number of thiol groups is 1. The Balaban J connectivity index is 2.12. The van der Waals surface area contributed by atoms with Crippen LogP contribution in [0.3, 0.4) is 0 Å². The summed E-state index contributed by atoms with van der Waals surface area (Å²) < 4.78 is 5.64. The van der Waals surface area contributed by atoms with Gasteiger partial charge in [-0.1, -0.05) is 12.8 Å². The van der Waals surface area contributed by atoms with Gasteiger partial charge in [-0.25, -0.2) is 0 Å². The smallest absolute Gasteiger partial charge is 0.140 e. The Labute approximate surface area is 97.5 Å². The van der Waals surface area contributed by atoms with Gasteiger partial charge in [0.2, 0.25) is 0 Å². The van der Waals surface area contributed by atoms with Crippen molar-refractivity contribution in [2.24, 2.45) is 0 Å². The Bertz CT molecular complexity index is 278. The minimum atomic E-state index is 0.791. The monoisotopic (exact) mass is 225 g/mol. The van der Waals surface area contributed by atoms with Gasteiger partial charge in [0.1, 0.15) is 5.75 Å². The molecule has 0 radical (unpaired) electrons. The quantitative estimate of drug-likeness (QED) is 0.568. The first-order valence-electron chi connectivity index (χ1n) is 5.50. The summed E-state index contributed by atoms with van der Waals surface area (Å²) in [5.41, 5.74) is 0.966. The van der Waals surface area contributed by atoms with Crippen LogP contribution < -0.4 is 4.74 Å². The molecule has 0 aliphatic heterocycles. The highest BCUT2D eigenvalue weighted by atomic mass is 32.1. The van der Waals surface area contributed by atoms with E-state index in [1.807, 2.05) is 19.1 Å². The van der Waals surface area contributed by atoms with E-state index in [9.17, 15) is 0 Å². The van der Waals surface area contributed by atoms with Crippen LogP contribution in [0.25, 0.3) is 0 Å². The lowest BCUT2D eigenvalue weighted by atomic mass is 10.2. The Morgan fingerprint density at radius 2 is 2.07 bits per heavy atom. The van der Waals surface area contributed by atoms with Crippen molar-refractivity contribution in [2.75, 3.05) is 12.4 Å². The molecule has 3 heteroatoms. The summed E-state index contributed by atoms with van der Waals surface area (Å²) in [5, 5.41) is 0. The topological polar surface area (TPSA) is 22.1 Å². The molecule has 15 heavy (non-hydrogen) atoms. The number of aryl methyl sites for hydroxylation is 1. The SMILES string of the molecule is Cc1ncccc1OCCCCCCS. The van der Waals surface area contributed by atoms with Gasteiger partial charge in [-0.3, -0.25) is 4.98 Å². The number of ether oxygens (including phenoxy) is 1. The molecule has 1 heterocycles. The summed E-state index contributed by atoms with van der Waals surface area (Å²) >= 11 is 4.18.